The maximum Gasteiger partial charge on any atom is 0.0757 e. The lowest BCUT2D eigenvalue weighted by Crippen LogP contribution is -2.21. The van der Waals surface area contributed by atoms with Crippen LogP contribution in [0.15, 0.2) is 12.2 Å². The van der Waals surface area contributed by atoms with Crippen molar-refractivity contribution in [3.63, 3.8) is 0 Å². The fraction of sp³-hybridized carbons (Fsp3) is 0.800. The third-order valence-electron chi connectivity index (χ3n) is 2.04. The van der Waals surface area contributed by atoms with Crippen molar-refractivity contribution in [3.8, 4) is 0 Å². The van der Waals surface area contributed by atoms with Gasteiger partial charge in [-0.15, -0.1) is 0 Å². The summed E-state index contributed by atoms with van der Waals surface area (Å²) in [6.45, 7) is 5.66. The van der Waals surface area contributed by atoms with Crippen molar-refractivity contribution in [1.82, 2.24) is 0 Å². The summed E-state index contributed by atoms with van der Waals surface area (Å²) in [6, 6.07) is 0. The predicted octanol–water partition coefficient (Wildman–Crippen LogP) is 2.15. The molecule has 0 N–H and O–H groups in total. The summed E-state index contributed by atoms with van der Waals surface area (Å²) in [5.74, 6) is 0. The van der Waals surface area contributed by atoms with E-state index in [2.05, 4.69) is 12.2 Å². The molecular formula is C10H18O2. The van der Waals surface area contributed by atoms with Crippen molar-refractivity contribution in [1.29, 1.82) is 0 Å². The van der Waals surface area contributed by atoms with E-state index in [-0.39, 0.29) is 0 Å². The van der Waals surface area contributed by atoms with Crippen LogP contribution >= 0.6 is 0 Å². The largest absolute Gasteiger partial charge is 0.374 e. The average molecular weight is 170 g/mol. The summed E-state index contributed by atoms with van der Waals surface area (Å²) in [7, 11) is 0. The van der Waals surface area contributed by atoms with Gasteiger partial charge < -0.3 is 9.47 Å². The van der Waals surface area contributed by atoms with Gasteiger partial charge in [0.05, 0.1) is 12.2 Å². The van der Waals surface area contributed by atoms with E-state index in [0.29, 0.717) is 12.2 Å². The highest BCUT2D eigenvalue weighted by atomic mass is 16.5. The Bertz CT molecular complexity index is 127. The van der Waals surface area contributed by atoms with Gasteiger partial charge in [-0.25, -0.2) is 0 Å². The topological polar surface area (TPSA) is 18.5 Å². The van der Waals surface area contributed by atoms with Crippen molar-refractivity contribution in [2.45, 2.75) is 38.9 Å². The molecule has 0 saturated carbocycles. The minimum absolute atomic E-state index is 0.326. The molecule has 0 saturated heterocycles. The molecule has 1 aliphatic carbocycles. The van der Waals surface area contributed by atoms with Crippen LogP contribution in [0.25, 0.3) is 0 Å². The van der Waals surface area contributed by atoms with Crippen LogP contribution < -0.4 is 0 Å². The highest BCUT2D eigenvalue weighted by molar-refractivity contribution is 5.00. The normalized spacial score (nSPS) is 29.2. The zero-order chi connectivity index (χ0) is 8.81. The molecule has 0 aliphatic heterocycles. The zero-order valence-corrected chi connectivity index (χ0v) is 7.95. The molecule has 0 aromatic heterocycles. The molecule has 0 bridgehead atoms. The van der Waals surface area contributed by atoms with Crippen molar-refractivity contribution >= 4 is 0 Å². The molecule has 0 fully saturated rings. The molecule has 0 aromatic carbocycles. The zero-order valence-electron chi connectivity index (χ0n) is 7.95. The second-order valence-electron chi connectivity index (χ2n) is 2.95. The second kappa shape index (κ2) is 5.33. The first-order chi connectivity index (χ1) is 5.86. The minimum atomic E-state index is 0.326. The van der Waals surface area contributed by atoms with E-state index in [1.165, 1.54) is 0 Å². The summed E-state index contributed by atoms with van der Waals surface area (Å²) in [5.41, 5.74) is 0. The molecule has 0 unspecified atom stereocenters. The van der Waals surface area contributed by atoms with Crippen LogP contribution in [0.2, 0.25) is 0 Å². The molecule has 1 aliphatic rings. The van der Waals surface area contributed by atoms with Gasteiger partial charge in [0.15, 0.2) is 0 Å². The lowest BCUT2D eigenvalue weighted by Gasteiger charge is -2.22. The summed E-state index contributed by atoms with van der Waals surface area (Å²) in [6.07, 6.45) is 7.07. The summed E-state index contributed by atoms with van der Waals surface area (Å²) >= 11 is 0. The van der Waals surface area contributed by atoms with E-state index in [1.807, 2.05) is 13.8 Å². The van der Waals surface area contributed by atoms with Crippen molar-refractivity contribution in [2.75, 3.05) is 13.2 Å². The van der Waals surface area contributed by atoms with Gasteiger partial charge in [-0.2, -0.15) is 0 Å². The van der Waals surface area contributed by atoms with E-state index in [9.17, 15) is 0 Å². The van der Waals surface area contributed by atoms with Gasteiger partial charge in [-0.1, -0.05) is 12.2 Å². The summed E-state index contributed by atoms with van der Waals surface area (Å²) < 4.78 is 10.9. The average Bonchev–Trinajstić information content (AvgIpc) is 2.09. The predicted molar refractivity (Wildman–Crippen MR) is 49.2 cm³/mol. The van der Waals surface area contributed by atoms with Crippen molar-refractivity contribution in [2.24, 2.45) is 0 Å². The van der Waals surface area contributed by atoms with Crippen LogP contribution in [-0.4, -0.2) is 25.4 Å². The van der Waals surface area contributed by atoms with E-state index in [0.717, 1.165) is 26.1 Å². The Morgan fingerprint density at radius 1 is 1.00 bits per heavy atom. The third-order valence-corrected chi connectivity index (χ3v) is 2.04. The lowest BCUT2D eigenvalue weighted by molar-refractivity contribution is 0.0430. The van der Waals surface area contributed by atoms with Gasteiger partial charge in [-0.05, 0) is 26.7 Å². The summed E-state index contributed by atoms with van der Waals surface area (Å²) in [5, 5.41) is 0. The van der Waals surface area contributed by atoms with E-state index < -0.39 is 0 Å². The molecular weight excluding hydrogens is 152 g/mol. The first-order valence-electron chi connectivity index (χ1n) is 4.78. The number of ether oxygens (including phenoxy) is 2. The Hall–Kier alpha value is -0.340. The monoisotopic (exact) mass is 170 g/mol. The van der Waals surface area contributed by atoms with Gasteiger partial charge in [0, 0.05) is 13.2 Å². The second-order valence-corrected chi connectivity index (χ2v) is 2.95. The van der Waals surface area contributed by atoms with Gasteiger partial charge >= 0.3 is 0 Å². The van der Waals surface area contributed by atoms with E-state index in [1.54, 1.807) is 0 Å². The number of rotatable bonds is 4. The lowest BCUT2D eigenvalue weighted by atomic mass is 10.0. The highest BCUT2D eigenvalue weighted by Gasteiger charge is 2.14. The summed E-state index contributed by atoms with van der Waals surface area (Å²) in [4.78, 5) is 0. The minimum Gasteiger partial charge on any atom is -0.374 e. The van der Waals surface area contributed by atoms with Crippen molar-refractivity contribution < 1.29 is 9.47 Å². The van der Waals surface area contributed by atoms with Gasteiger partial charge in [-0.3, -0.25) is 0 Å². The Morgan fingerprint density at radius 3 is 1.67 bits per heavy atom. The van der Waals surface area contributed by atoms with Crippen LogP contribution in [0.3, 0.4) is 0 Å². The SMILES string of the molecule is CCO[C@@H]1C=C[C@H](OCC)CC1. The Labute approximate surface area is 74.6 Å². The molecule has 2 atom stereocenters. The van der Waals surface area contributed by atoms with Crippen LogP contribution in [0, 0.1) is 0 Å². The Kier molecular flexibility index (Phi) is 4.33. The Morgan fingerprint density at radius 2 is 1.42 bits per heavy atom. The molecule has 1 rings (SSSR count). The number of hydrogen-bond donors (Lipinski definition) is 0. The van der Waals surface area contributed by atoms with Crippen LogP contribution in [-0.2, 0) is 9.47 Å². The molecule has 2 heteroatoms. The van der Waals surface area contributed by atoms with Gasteiger partial charge in [0.1, 0.15) is 0 Å². The quantitative estimate of drug-likeness (QED) is 0.602. The third kappa shape index (κ3) is 2.95. The molecule has 0 amide bonds. The smallest absolute Gasteiger partial charge is 0.0757 e. The van der Waals surface area contributed by atoms with Gasteiger partial charge in [0.25, 0.3) is 0 Å². The van der Waals surface area contributed by atoms with Crippen LogP contribution in [0.5, 0.6) is 0 Å². The molecule has 0 heterocycles. The highest BCUT2D eigenvalue weighted by Crippen LogP contribution is 2.16. The molecule has 12 heavy (non-hydrogen) atoms. The maximum absolute atomic E-state index is 5.47. The van der Waals surface area contributed by atoms with Crippen LogP contribution in [0.4, 0.5) is 0 Å². The standard InChI is InChI=1S/C10H18O2/c1-3-11-9-5-7-10(8-6-9)12-4-2/h5,7,9-10H,3-4,6,8H2,1-2H3/t9-,10+. The first kappa shape index (κ1) is 9.75. The molecule has 0 aromatic rings. The molecule has 2 nitrogen and oxygen atoms in total. The maximum atomic E-state index is 5.47. The molecule has 0 radical (unpaired) electrons. The Balaban J connectivity index is 2.26. The fourth-order valence-electron chi connectivity index (χ4n) is 1.47. The van der Waals surface area contributed by atoms with Crippen LogP contribution in [0.1, 0.15) is 26.7 Å². The first-order valence-corrected chi connectivity index (χ1v) is 4.78. The van der Waals surface area contributed by atoms with Crippen molar-refractivity contribution in [3.05, 3.63) is 12.2 Å². The van der Waals surface area contributed by atoms with E-state index >= 15 is 0 Å². The molecule has 70 valence electrons. The molecule has 0 spiro atoms. The van der Waals surface area contributed by atoms with E-state index in [4.69, 9.17) is 9.47 Å². The van der Waals surface area contributed by atoms with Gasteiger partial charge in [0.2, 0.25) is 0 Å². The fourth-order valence-corrected chi connectivity index (χ4v) is 1.47. The number of hydrogen-bond acceptors (Lipinski definition) is 2.